The van der Waals surface area contributed by atoms with Gasteiger partial charge in [0.1, 0.15) is 11.7 Å². The molecule has 0 atom stereocenters. The third-order valence-corrected chi connectivity index (χ3v) is 3.78. The van der Waals surface area contributed by atoms with Crippen molar-refractivity contribution in [2.45, 2.75) is 0 Å². The zero-order chi connectivity index (χ0) is 14.7. The number of nitrogens with two attached hydrogens (primary N) is 1. The Morgan fingerprint density at radius 1 is 0.952 bits per heavy atom. The Labute approximate surface area is 124 Å². The Kier molecular flexibility index (Phi) is 3.73. The molecule has 0 spiro atoms. The van der Waals surface area contributed by atoms with Gasteiger partial charge in [-0.25, -0.2) is 4.98 Å². The summed E-state index contributed by atoms with van der Waals surface area (Å²) in [6.07, 6.45) is 1.67. The van der Waals surface area contributed by atoms with Crippen LogP contribution in [0.3, 0.4) is 0 Å². The van der Waals surface area contributed by atoms with E-state index in [9.17, 15) is 0 Å². The Bertz CT molecular complexity index is 600. The van der Waals surface area contributed by atoms with E-state index in [-0.39, 0.29) is 5.84 Å². The van der Waals surface area contributed by atoms with Crippen molar-refractivity contribution < 1.29 is 0 Å². The minimum absolute atomic E-state index is 0.0583. The van der Waals surface area contributed by atoms with Crippen LogP contribution in [-0.2, 0) is 0 Å². The summed E-state index contributed by atoms with van der Waals surface area (Å²) in [5.74, 6) is 1.01. The monoisotopic (exact) mass is 281 g/mol. The largest absolute Gasteiger partial charge is 0.384 e. The van der Waals surface area contributed by atoms with E-state index < -0.39 is 0 Å². The number of nitrogens with one attached hydrogen (secondary N) is 1. The molecule has 0 radical (unpaired) electrons. The second-order valence-electron chi connectivity index (χ2n) is 5.13. The van der Waals surface area contributed by atoms with E-state index in [2.05, 4.69) is 39.0 Å². The van der Waals surface area contributed by atoms with Crippen LogP contribution in [0.1, 0.15) is 5.56 Å². The number of nitrogen functional groups attached to an aromatic ring is 1. The normalized spacial score (nSPS) is 15.0. The van der Waals surface area contributed by atoms with E-state index in [1.54, 1.807) is 6.20 Å². The Morgan fingerprint density at radius 3 is 2.19 bits per heavy atom. The first-order valence-electron chi connectivity index (χ1n) is 7.09. The molecule has 1 fully saturated rings. The molecule has 1 aromatic heterocycles. The minimum atomic E-state index is 0.0583. The molecule has 2 aromatic rings. The molecule has 0 bridgehead atoms. The van der Waals surface area contributed by atoms with Gasteiger partial charge in [-0.15, -0.1) is 0 Å². The van der Waals surface area contributed by atoms with E-state index in [0.717, 1.165) is 32.0 Å². The molecule has 21 heavy (non-hydrogen) atoms. The fourth-order valence-electron chi connectivity index (χ4n) is 2.57. The molecular weight excluding hydrogens is 262 g/mol. The summed E-state index contributed by atoms with van der Waals surface area (Å²) in [6, 6.07) is 14.3. The molecule has 0 aliphatic carbocycles. The van der Waals surface area contributed by atoms with Crippen molar-refractivity contribution in [3.63, 3.8) is 0 Å². The van der Waals surface area contributed by atoms with Gasteiger partial charge in [-0.2, -0.15) is 0 Å². The van der Waals surface area contributed by atoms with E-state index in [1.807, 2.05) is 18.2 Å². The lowest BCUT2D eigenvalue weighted by atomic mass is 10.2. The van der Waals surface area contributed by atoms with Crippen molar-refractivity contribution in [2.75, 3.05) is 36.0 Å². The highest BCUT2D eigenvalue weighted by Crippen LogP contribution is 2.18. The highest BCUT2D eigenvalue weighted by molar-refractivity contribution is 5.94. The van der Waals surface area contributed by atoms with Crippen LogP contribution in [0.5, 0.6) is 0 Å². The van der Waals surface area contributed by atoms with Crippen LogP contribution in [0.25, 0.3) is 0 Å². The smallest absolute Gasteiger partial charge is 0.128 e. The number of benzene rings is 1. The second kappa shape index (κ2) is 5.83. The third kappa shape index (κ3) is 2.97. The molecule has 2 heterocycles. The van der Waals surface area contributed by atoms with Gasteiger partial charge in [0.25, 0.3) is 0 Å². The molecule has 0 unspecified atom stereocenters. The lowest BCUT2D eigenvalue weighted by molar-refractivity contribution is 0.647. The number of piperazine rings is 1. The molecule has 1 aliphatic rings. The van der Waals surface area contributed by atoms with Crippen molar-refractivity contribution in [3.8, 4) is 0 Å². The fourth-order valence-corrected chi connectivity index (χ4v) is 2.57. The number of hydrogen-bond acceptors (Lipinski definition) is 4. The average molecular weight is 281 g/mol. The predicted molar refractivity (Wildman–Crippen MR) is 86.1 cm³/mol. The lowest BCUT2D eigenvalue weighted by Gasteiger charge is -2.36. The van der Waals surface area contributed by atoms with Gasteiger partial charge in [0, 0.05) is 43.6 Å². The molecule has 3 N–H and O–H groups in total. The van der Waals surface area contributed by atoms with E-state index >= 15 is 0 Å². The van der Waals surface area contributed by atoms with Crippen molar-refractivity contribution in [2.24, 2.45) is 5.73 Å². The first-order chi connectivity index (χ1) is 10.2. The molecular formula is C16H19N5. The predicted octanol–water partition coefficient (Wildman–Crippen LogP) is 1.69. The first-order valence-corrected chi connectivity index (χ1v) is 7.09. The summed E-state index contributed by atoms with van der Waals surface area (Å²) in [5, 5.41) is 7.39. The number of anilines is 2. The average Bonchev–Trinajstić information content (AvgIpc) is 2.56. The van der Waals surface area contributed by atoms with Crippen LogP contribution < -0.4 is 15.5 Å². The van der Waals surface area contributed by atoms with Crippen LogP contribution in [-0.4, -0.2) is 37.0 Å². The van der Waals surface area contributed by atoms with Crippen molar-refractivity contribution in [1.29, 1.82) is 5.41 Å². The number of nitrogens with zero attached hydrogens (tertiary/aromatic N) is 3. The summed E-state index contributed by atoms with van der Waals surface area (Å²) in [6.45, 7) is 3.86. The molecule has 0 amide bonds. The number of rotatable bonds is 3. The Balaban J connectivity index is 1.64. The number of para-hydroxylation sites is 1. The number of aromatic nitrogens is 1. The SMILES string of the molecule is N=C(N)c1ccc(N2CCN(c3ccccc3)CC2)nc1. The van der Waals surface area contributed by atoms with Crippen LogP contribution in [0.4, 0.5) is 11.5 Å². The highest BCUT2D eigenvalue weighted by Gasteiger charge is 2.18. The zero-order valence-electron chi connectivity index (χ0n) is 11.9. The summed E-state index contributed by atoms with van der Waals surface area (Å²) >= 11 is 0. The van der Waals surface area contributed by atoms with Gasteiger partial charge in [0.2, 0.25) is 0 Å². The first kappa shape index (κ1) is 13.4. The summed E-state index contributed by atoms with van der Waals surface area (Å²) in [7, 11) is 0. The van der Waals surface area contributed by atoms with Gasteiger partial charge >= 0.3 is 0 Å². The Morgan fingerprint density at radius 2 is 1.62 bits per heavy atom. The summed E-state index contributed by atoms with van der Waals surface area (Å²) < 4.78 is 0. The topological polar surface area (TPSA) is 69.2 Å². The third-order valence-electron chi connectivity index (χ3n) is 3.78. The van der Waals surface area contributed by atoms with Crippen LogP contribution in [0.15, 0.2) is 48.7 Å². The maximum absolute atomic E-state index is 7.39. The van der Waals surface area contributed by atoms with Gasteiger partial charge in [-0.1, -0.05) is 18.2 Å². The minimum Gasteiger partial charge on any atom is -0.384 e. The highest BCUT2D eigenvalue weighted by atomic mass is 15.3. The molecule has 1 aromatic carbocycles. The quantitative estimate of drug-likeness (QED) is 0.663. The summed E-state index contributed by atoms with van der Waals surface area (Å²) in [5.41, 5.74) is 7.39. The number of hydrogen-bond donors (Lipinski definition) is 2. The van der Waals surface area contributed by atoms with Gasteiger partial charge < -0.3 is 15.5 Å². The number of amidine groups is 1. The van der Waals surface area contributed by atoms with E-state index in [4.69, 9.17) is 11.1 Å². The second-order valence-corrected chi connectivity index (χ2v) is 5.13. The van der Waals surface area contributed by atoms with E-state index in [1.165, 1.54) is 5.69 Å². The molecule has 0 saturated carbocycles. The van der Waals surface area contributed by atoms with Crippen molar-refractivity contribution in [3.05, 3.63) is 54.2 Å². The van der Waals surface area contributed by atoms with Crippen LogP contribution in [0, 0.1) is 5.41 Å². The van der Waals surface area contributed by atoms with E-state index in [0.29, 0.717) is 5.56 Å². The van der Waals surface area contributed by atoms with Crippen molar-refractivity contribution in [1.82, 2.24) is 4.98 Å². The van der Waals surface area contributed by atoms with Gasteiger partial charge in [0.05, 0.1) is 0 Å². The fraction of sp³-hybridized carbons (Fsp3) is 0.250. The molecule has 3 rings (SSSR count). The maximum atomic E-state index is 7.39. The molecule has 1 aliphatic heterocycles. The van der Waals surface area contributed by atoms with Crippen LogP contribution in [0.2, 0.25) is 0 Å². The van der Waals surface area contributed by atoms with Crippen molar-refractivity contribution >= 4 is 17.3 Å². The number of pyridine rings is 1. The Hall–Kier alpha value is -2.56. The molecule has 5 nitrogen and oxygen atoms in total. The maximum Gasteiger partial charge on any atom is 0.128 e. The standard InChI is InChI=1S/C16H19N5/c17-16(18)13-6-7-15(19-12-13)21-10-8-20(9-11-21)14-4-2-1-3-5-14/h1-7,12H,8-11H2,(H3,17,18). The van der Waals surface area contributed by atoms with Gasteiger partial charge in [-0.05, 0) is 24.3 Å². The van der Waals surface area contributed by atoms with Gasteiger partial charge in [-0.3, -0.25) is 5.41 Å². The lowest BCUT2D eigenvalue weighted by Crippen LogP contribution is -2.46. The molecule has 1 saturated heterocycles. The zero-order valence-corrected chi connectivity index (χ0v) is 11.9. The van der Waals surface area contributed by atoms with Crippen LogP contribution >= 0.6 is 0 Å². The molecule has 108 valence electrons. The molecule has 5 heteroatoms. The summed E-state index contributed by atoms with van der Waals surface area (Å²) in [4.78, 5) is 9.06. The van der Waals surface area contributed by atoms with Gasteiger partial charge in [0.15, 0.2) is 0 Å².